The summed E-state index contributed by atoms with van der Waals surface area (Å²) in [5.41, 5.74) is 5.88. The van der Waals surface area contributed by atoms with Crippen molar-refractivity contribution in [3.8, 4) is 0 Å². The van der Waals surface area contributed by atoms with Crippen LogP contribution in [0.2, 0.25) is 0 Å². The molecule has 0 bridgehead atoms. The van der Waals surface area contributed by atoms with Gasteiger partial charge in [-0.1, -0.05) is 19.4 Å². The van der Waals surface area contributed by atoms with E-state index in [9.17, 15) is 0 Å². The number of nitrogens with two attached hydrogens (primary N) is 1. The lowest BCUT2D eigenvalue weighted by Crippen LogP contribution is -2.22. The van der Waals surface area contributed by atoms with E-state index in [0.717, 1.165) is 23.6 Å². The van der Waals surface area contributed by atoms with Crippen molar-refractivity contribution in [2.45, 2.75) is 30.8 Å². The first-order valence-electron chi connectivity index (χ1n) is 4.62. The molecule has 0 aliphatic heterocycles. The van der Waals surface area contributed by atoms with Gasteiger partial charge in [-0.2, -0.15) is 0 Å². The second-order valence-corrected chi connectivity index (χ2v) is 4.07. The van der Waals surface area contributed by atoms with Crippen LogP contribution in [0.1, 0.15) is 19.8 Å². The van der Waals surface area contributed by atoms with Crippen molar-refractivity contribution >= 4 is 11.8 Å². The lowest BCUT2D eigenvalue weighted by molar-refractivity contribution is 0.660. The highest BCUT2D eigenvalue weighted by molar-refractivity contribution is 7.99. The van der Waals surface area contributed by atoms with Crippen LogP contribution in [-0.2, 0) is 0 Å². The summed E-state index contributed by atoms with van der Waals surface area (Å²) in [5, 5.41) is 1.06. The molecule has 0 saturated carbocycles. The van der Waals surface area contributed by atoms with Crippen LogP contribution in [0.5, 0.6) is 0 Å². The van der Waals surface area contributed by atoms with Crippen LogP contribution in [0.3, 0.4) is 0 Å². The monoisotopic (exact) mass is 196 g/mol. The number of thioether (sulfide) groups is 1. The van der Waals surface area contributed by atoms with Gasteiger partial charge in [0.15, 0.2) is 0 Å². The predicted octanol–water partition coefficient (Wildman–Crippen LogP) is 2.30. The van der Waals surface area contributed by atoms with Crippen molar-refractivity contribution in [2.75, 3.05) is 5.75 Å². The third-order valence-electron chi connectivity index (χ3n) is 1.74. The van der Waals surface area contributed by atoms with E-state index in [0.29, 0.717) is 6.04 Å². The predicted molar refractivity (Wildman–Crippen MR) is 57.8 cm³/mol. The molecule has 3 heteroatoms. The number of nitrogens with zero attached hydrogens (tertiary/aromatic N) is 1. The summed E-state index contributed by atoms with van der Waals surface area (Å²) in [5.74, 6) is 0.963. The van der Waals surface area contributed by atoms with E-state index < -0.39 is 0 Å². The van der Waals surface area contributed by atoms with Crippen LogP contribution in [0, 0.1) is 0 Å². The second kappa shape index (κ2) is 6.00. The summed E-state index contributed by atoms with van der Waals surface area (Å²) in [6, 6.07) is 6.25. The van der Waals surface area contributed by atoms with Gasteiger partial charge < -0.3 is 5.73 Å². The highest BCUT2D eigenvalue weighted by atomic mass is 32.2. The molecule has 0 fully saturated rings. The number of hydrogen-bond acceptors (Lipinski definition) is 3. The van der Waals surface area contributed by atoms with Gasteiger partial charge in [-0.15, -0.1) is 11.8 Å². The molecule has 0 aromatic carbocycles. The number of rotatable bonds is 5. The molecule has 0 radical (unpaired) electrons. The minimum Gasteiger partial charge on any atom is -0.327 e. The number of hydrogen-bond donors (Lipinski definition) is 1. The molecule has 2 N–H and O–H groups in total. The first-order chi connectivity index (χ1) is 6.33. The van der Waals surface area contributed by atoms with Crippen LogP contribution < -0.4 is 5.73 Å². The molecule has 1 unspecified atom stereocenters. The molecule has 0 spiro atoms. The average Bonchev–Trinajstić information content (AvgIpc) is 2.17. The summed E-state index contributed by atoms with van der Waals surface area (Å²) in [6.07, 6.45) is 4.07. The molecular weight excluding hydrogens is 180 g/mol. The van der Waals surface area contributed by atoms with E-state index in [1.165, 1.54) is 0 Å². The Morgan fingerprint density at radius 3 is 3.00 bits per heavy atom. The van der Waals surface area contributed by atoms with Gasteiger partial charge in [0.1, 0.15) is 0 Å². The second-order valence-electron chi connectivity index (χ2n) is 3.03. The highest BCUT2D eigenvalue weighted by Gasteiger charge is 2.01. The third kappa shape index (κ3) is 4.29. The van der Waals surface area contributed by atoms with Crippen molar-refractivity contribution in [3.05, 3.63) is 24.4 Å². The van der Waals surface area contributed by atoms with Gasteiger partial charge >= 0.3 is 0 Å². The van der Waals surface area contributed by atoms with E-state index in [4.69, 9.17) is 5.73 Å². The molecule has 1 atom stereocenters. The van der Waals surface area contributed by atoms with Crippen molar-refractivity contribution in [2.24, 2.45) is 5.73 Å². The standard InChI is InChI=1S/C10H16N2S/c1-2-5-9(11)8-13-10-6-3-4-7-12-10/h3-4,6-7,9H,2,5,8,11H2,1H3. The minimum atomic E-state index is 0.303. The SMILES string of the molecule is CCCC(N)CSc1ccccn1. The van der Waals surface area contributed by atoms with Crippen LogP contribution in [-0.4, -0.2) is 16.8 Å². The molecule has 0 amide bonds. The smallest absolute Gasteiger partial charge is 0.0960 e. The Labute approximate surface area is 83.9 Å². The van der Waals surface area contributed by atoms with Crippen LogP contribution in [0.4, 0.5) is 0 Å². The van der Waals surface area contributed by atoms with Gasteiger partial charge in [-0.05, 0) is 18.6 Å². The van der Waals surface area contributed by atoms with E-state index in [1.807, 2.05) is 24.4 Å². The Morgan fingerprint density at radius 1 is 1.54 bits per heavy atom. The zero-order chi connectivity index (χ0) is 9.52. The van der Waals surface area contributed by atoms with Crippen molar-refractivity contribution in [3.63, 3.8) is 0 Å². The fraction of sp³-hybridized carbons (Fsp3) is 0.500. The molecule has 0 aliphatic carbocycles. The van der Waals surface area contributed by atoms with Crippen molar-refractivity contribution in [1.82, 2.24) is 4.98 Å². The maximum atomic E-state index is 5.88. The fourth-order valence-corrected chi connectivity index (χ4v) is 1.94. The van der Waals surface area contributed by atoms with E-state index in [1.54, 1.807) is 11.8 Å². The van der Waals surface area contributed by atoms with Gasteiger partial charge in [0.05, 0.1) is 5.03 Å². The molecule has 1 aromatic rings. The Balaban J connectivity index is 2.27. The van der Waals surface area contributed by atoms with Gasteiger partial charge in [-0.25, -0.2) is 4.98 Å². The largest absolute Gasteiger partial charge is 0.327 e. The first-order valence-corrected chi connectivity index (χ1v) is 5.61. The Morgan fingerprint density at radius 2 is 2.38 bits per heavy atom. The lowest BCUT2D eigenvalue weighted by atomic mass is 10.2. The Bertz CT molecular complexity index is 226. The third-order valence-corrected chi connectivity index (χ3v) is 2.87. The summed E-state index contributed by atoms with van der Waals surface area (Å²) >= 11 is 1.73. The van der Waals surface area contributed by atoms with Crippen LogP contribution in [0.15, 0.2) is 29.4 Å². The number of pyridine rings is 1. The van der Waals surface area contributed by atoms with Crippen LogP contribution in [0.25, 0.3) is 0 Å². The van der Waals surface area contributed by atoms with Gasteiger partial charge in [-0.3, -0.25) is 0 Å². The summed E-state index contributed by atoms with van der Waals surface area (Å²) in [6.45, 7) is 2.16. The van der Waals surface area contributed by atoms with Crippen molar-refractivity contribution in [1.29, 1.82) is 0 Å². The Hall–Kier alpha value is -0.540. The lowest BCUT2D eigenvalue weighted by Gasteiger charge is -2.08. The molecular formula is C10H16N2S. The maximum absolute atomic E-state index is 5.88. The van der Waals surface area contributed by atoms with Gasteiger partial charge in [0, 0.05) is 18.0 Å². The normalized spacial score (nSPS) is 12.8. The van der Waals surface area contributed by atoms with Crippen molar-refractivity contribution < 1.29 is 0 Å². The maximum Gasteiger partial charge on any atom is 0.0960 e. The molecule has 2 nitrogen and oxygen atoms in total. The summed E-state index contributed by atoms with van der Waals surface area (Å²) in [7, 11) is 0. The molecule has 1 heterocycles. The first kappa shape index (κ1) is 10.5. The summed E-state index contributed by atoms with van der Waals surface area (Å²) < 4.78 is 0. The quantitative estimate of drug-likeness (QED) is 0.734. The molecule has 1 rings (SSSR count). The number of aromatic nitrogens is 1. The van der Waals surface area contributed by atoms with Crippen LogP contribution >= 0.6 is 11.8 Å². The summed E-state index contributed by atoms with van der Waals surface area (Å²) in [4.78, 5) is 4.22. The average molecular weight is 196 g/mol. The minimum absolute atomic E-state index is 0.303. The Kier molecular flexibility index (Phi) is 4.86. The van der Waals surface area contributed by atoms with Gasteiger partial charge in [0.25, 0.3) is 0 Å². The van der Waals surface area contributed by atoms with E-state index in [-0.39, 0.29) is 0 Å². The molecule has 0 aliphatic rings. The molecule has 72 valence electrons. The van der Waals surface area contributed by atoms with E-state index in [2.05, 4.69) is 11.9 Å². The fourth-order valence-electron chi connectivity index (χ4n) is 1.08. The zero-order valence-electron chi connectivity index (χ0n) is 7.94. The molecule has 1 aromatic heterocycles. The molecule has 13 heavy (non-hydrogen) atoms. The van der Waals surface area contributed by atoms with Gasteiger partial charge in [0.2, 0.25) is 0 Å². The molecule has 0 saturated heterocycles. The highest BCUT2D eigenvalue weighted by Crippen LogP contribution is 2.15. The topological polar surface area (TPSA) is 38.9 Å². The van der Waals surface area contributed by atoms with E-state index >= 15 is 0 Å². The zero-order valence-corrected chi connectivity index (χ0v) is 8.76.